The molecule has 1 amide bonds. The van der Waals surface area contributed by atoms with Crippen LogP contribution in [0.2, 0.25) is 0 Å². The fourth-order valence-corrected chi connectivity index (χ4v) is 2.44. The molecule has 4 heteroatoms. The Kier molecular flexibility index (Phi) is 4.65. The van der Waals surface area contributed by atoms with Crippen LogP contribution in [0.5, 0.6) is 5.75 Å². The first-order valence-electron chi connectivity index (χ1n) is 7.22. The lowest BCUT2D eigenvalue weighted by Gasteiger charge is -2.38. The van der Waals surface area contributed by atoms with Gasteiger partial charge in [-0.2, -0.15) is 0 Å². The van der Waals surface area contributed by atoms with E-state index in [4.69, 9.17) is 4.74 Å². The third kappa shape index (κ3) is 3.31. The van der Waals surface area contributed by atoms with Gasteiger partial charge in [-0.1, -0.05) is 6.07 Å². The molecule has 0 aliphatic carbocycles. The zero-order valence-corrected chi connectivity index (χ0v) is 12.8. The van der Waals surface area contributed by atoms with Gasteiger partial charge in [0.1, 0.15) is 5.75 Å². The first kappa shape index (κ1) is 14.9. The lowest BCUT2D eigenvalue weighted by molar-refractivity contribution is -0.137. The van der Waals surface area contributed by atoms with Crippen LogP contribution in [0.25, 0.3) is 0 Å². The zero-order chi connectivity index (χ0) is 14.7. The summed E-state index contributed by atoms with van der Waals surface area (Å²) in [7, 11) is 0. The van der Waals surface area contributed by atoms with Crippen LogP contribution in [-0.4, -0.2) is 42.6 Å². The van der Waals surface area contributed by atoms with E-state index in [0.717, 1.165) is 18.8 Å². The van der Waals surface area contributed by atoms with E-state index in [-0.39, 0.29) is 18.6 Å². The third-order valence-electron chi connectivity index (χ3n) is 4.20. The van der Waals surface area contributed by atoms with Crippen molar-refractivity contribution in [3.05, 3.63) is 29.3 Å². The summed E-state index contributed by atoms with van der Waals surface area (Å²) >= 11 is 0. The summed E-state index contributed by atoms with van der Waals surface area (Å²) in [6.45, 7) is 10.00. The molecule has 0 aromatic heterocycles. The average molecular weight is 276 g/mol. The van der Waals surface area contributed by atoms with E-state index in [1.165, 1.54) is 11.1 Å². The predicted molar refractivity (Wildman–Crippen MR) is 80.1 cm³/mol. The highest BCUT2D eigenvalue weighted by Crippen LogP contribution is 2.17. The Morgan fingerprint density at radius 3 is 2.80 bits per heavy atom. The second-order valence-corrected chi connectivity index (χ2v) is 5.61. The summed E-state index contributed by atoms with van der Waals surface area (Å²) in [6.07, 6.45) is 0. The second-order valence-electron chi connectivity index (χ2n) is 5.61. The molecule has 1 fully saturated rings. The van der Waals surface area contributed by atoms with Gasteiger partial charge < -0.3 is 15.0 Å². The van der Waals surface area contributed by atoms with E-state index < -0.39 is 0 Å². The van der Waals surface area contributed by atoms with Gasteiger partial charge in [0.2, 0.25) is 0 Å². The van der Waals surface area contributed by atoms with Gasteiger partial charge in [-0.25, -0.2) is 0 Å². The van der Waals surface area contributed by atoms with Crippen molar-refractivity contribution in [2.24, 2.45) is 0 Å². The first-order chi connectivity index (χ1) is 9.49. The number of hydrogen-bond donors (Lipinski definition) is 1. The number of nitrogens with zero attached hydrogens (tertiary/aromatic N) is 1. The smallest absolute Gasteiger partial charge is 0.260 e. The number of amides is 1. The summed E-state index contributed by atoms with van der Waals surface area (Å²) in [4.78, 5) is 14.2. The van der Waals surface area contributed by atoms with Crippen molar-refractivity contribution >= 4 is 5.91 Å². The second kappa shape index (κ2) is 6.27. The number of rotatable bonds is 3. The van der Waals surface area contributed by atoms with Gasteiger partial charge in [0, 0.05) is 25.2 Å². The fourth-order valence-electron chi connectivity index (χ4n) is 2.44. The number of carbonyl (C=O) groups is 1. The van der Waals surface area contributed by atoms with Gasteiger partial charge >= 0.3 is 0 Å². The van der Waals surface area contributed by atoms with Gasteiger partial charge in [-0.15, -0.1) is 0 Å². The summed E-state index contributed by atoms with van der Waals surface area (Å²) < 4.78 is 5.63. The fraction of sp³-hybridized carbons (Fsp3) is 0.562. The van der Waals surface area contributed by atoms with Crippen LogP contribution in [0.15, 0.2) is 18.2 Å². The number of aryl methyl sites for hydroxylation is 2. The molecule has 1 aromatic carbocycles. The Balaban J connectivity index is 1.93. The Hall–Kier alpha value is -1.55. The van der Waals surface area contributed by atoms with Gasteiger partial charge in [0.15, 0.2) is 6.61 Å². The van der Waals surface area contributed by atoms with Crippen LogP contribution in [0.4, 0.5) is 0 Å². The molecule has 0 radical (unpaired) electrons. The number of benzene rings is 1. The van der Waals surface area contributed by atoms with Gasteiger partial charge in [0.25, 0.3) is 5.91 Å². The Morgan fingerprint density at radius 2 is 2.10 bits per heavy atom. The Morgan fingerprint density at radius 1 is 1.35 bits per heavy atom. The molecule has 1 aliphatic heterocycles. The quantitative estimate of drug-likeness (QED) is 0.916. The third-order valence-corrected chi connectivity index (χ3v) is 4.20. The zero-order valence-electron chi connectivity index (χ0n) is 12.8. The van der Waals surface area contributed by atoms with Gasteiger partial charge in [0.05, 0.1) is 0 Å². The largest absolute Gasteiger partial charge is 0.484 e. The van der Waals surface area contributed by atoms with Crippen molar-refractivity contribution in [3.63, 3.8) is 0 Å². The minimum atomic E-state index is 0.0593. The lowest BCUT2D eigenvalue weighted by Crippen LogP contribution is -2.58. The van der Waals surface area contributed by atoms with Crippen molar-refractivity contribution in [3.8, 4) is 5.75 Å². The summed E-state index contributed by atoms with van der Waals surface area (Å²) in [5, 5.41) is 3.37. The molecular weight excluding hydrogens is 252 g/mol. The van der Waals surface area contributed by atoms with E-state index in [1.54, 1.807) is 0 Å². The van der Waals surface area contributed by atoms with Crippen molar-refractivity contribution in [2.75, 3.05) is 19.7 Å². The minimum Gasteiger partial charge on any atom is -0.484 e. The molecule has 1 aromatic rings. The van der Waals surface area contributed by atoms with Crippen LogP contribution >= 0.6 is 0 Å². The molecule has 1 heterocycles. The van der Waals surface area contributed by atoms with E-state index in [2.05, 4.69) is 26.1 Å². The molecular formula is C16H24N2O2. The molecule has 2 rings (SSSR count). The molecule has 1 N–H and O–H groups in total. The van der Waals surface area contributed by atoms with Crippen LogP contribution in [0, 0.1) is 13.8 Å². The van der Waals surface area contributed by atoms with E-state index in [1.807, 2.05) is 30.0 Å². The topological polar surface area (TPSA) is 41.6 Å². The van der Waals surface area contributed by atoms with E-state index >= 15 is 0 Å². The van der Waals surface area contributed by atoms with Crippen molar-refractivity contribution in [1.29, 1.82) is 0 Å². The highest BCUT2D eigenvalue weighted by atomic mass is 16.5. The van der Waals surface area contributed by atoms with Crippen LogP contribution in [0.3, 0.4) is 0 Å². The molecule has 110 valence electrons. The van der Waals surface area contributed by atoms with Crippen LogP contribution in [0.1, 0.15) is 25.0 Å². The van der Waals surface area contributed by atoms with Crippen LogP contribution < -0.4 is 10.1 Å². The van der Waals surface area contributed by atoms with Crippen molar-refractivity contribution in [1.82, 2.24) is 10.2 Å². The SMILES string of the molecule is Cc1ccc(OCC(=O)N2CCNC(C)C2C)cc1C. The molecule has 2 unspecified atom stereocenters. The summed E-state index contributed by atoms with van der Waals surface area (Å²) in [6, 6.07) is 6.45. The number of hydrogen-bond acceptors (Lipinski definition) is 3. The maximum absolute atomic E-state index is 12.3. The molecule has 0 bridgehead atoms. The van der Waals surface area contributed by atoms with Crippen LogP contribution in [-0.2, 0) is 4.79 Å². The van der Waals surface area contributed by atoms with E-state index in [9.17, 15) is 4.79 Å². The molecule has 20 heavy (non-hydrogen) atoms. The number of nitrogens with one attached hydrogen (secondary N) is 1. The average Bonchev–Trinajstić information content (AvgIpc) is 2.43. The predicted octanol–water partition coefficient (Wildman–Crippen LogP) is 1.89. The molecule has 0 spiro atoms. The van der Waals surface area contributed by atoms with E-state index in [0.29, 0.717) is 6.04 Å². The Bertz CT molecular complexity index is 487. The summed E-state index contributed by atoms with van der Waals surface area (Å²) in [5.41, 5.74) is 2.41. The molecule has 2 atom stereocenters. The normalized spacial score (nSPS) is 22.7. The molecule has 1 saturated heterocycles. The van der Waals surface area contributed by atoms with Gasteiger partial charge in [-0.3, -0.25) is 4.79 Å². The molecule has 4 nitrogen and oxygen atoms in total. The summed E-state index contributed by atoms with van der Waals surface area (Å²) in [5.74, 6) is 0.821. The lowest BCUT2D eigenvalue weighted by atomic mass is 10.1. The monoisotopic (exact) mass is 276 g/mol. The highest BCUT2D eigenvalue weighted by Gasteiger charge is 2.28. The highest BCUT2D eigenvalue weighted by molar-refractivity contribution is 5.78. The maximum atomic E-state index is 12.3. The van der Waals surface area contributed by atoms with Gasteiger partial charge in [-0.05, 0) is 51.0 Å². The van der Waals surface area contributed by atoms with Crippen molar-refractivity contribution in [2.45, 2.75) is 39.8 Å². The maximum Gasteiger partial charge on any atom is 0.260 e. The molecule has 1 aliphatic rings. The minimum absolute atomic E-state index is 0.0593. The Labute approximate surface area is 121 Å². The molecule has 0 saturated carbocycles. The van der Waals surface area contributed by atoms with Crippen molar-refractivity contribution < 1.29 is 9.53 Å². The number of ether oxygens (including phenoxy) is 1. The first-order valence-corrected chi connectivity index (χ1v) is 7.22. The standard InChI is InChI=1S/C16H24N2O2/c1-11-5-6-15(9-12(11)2)20-10-16(19)18-8-7-17-13(3)14(18)4/h5-6,9,13-14,17H,7-8,10H2,1-4H3. The number of piperazine rings is 1. The number of carbonyl (C=O) groups excluding carboxylic acids is 1.